The zero-order valence-electron chi connectivity index (χ0n) is 14.7. The van der Waals surface area contributed by atoms with Crippen LogP contribution in [0.5, 0.6) is 11.5 Å². The molecule has 2 rings (SSSR count). The Bertz CT molecular complexity index is 764. The quantitative estimate of drug-likeness (QED) is 0.587. The van der Waals surface area contributed by atoms with E-state index in [9.17, 15) is 14.0 Å². The van der Waals surface area contributed by atoms with Crippen molar-refractivity contribution in [3.63, 3.8) is 0 Å². The lowest BCUT2D eigenvalue weighted by Gasteiger charge is -2.10. The summed E-state index contributed by atoms with van der Waals surface area (Å²) in [6.07, 6.45) is 0. The van der Waals surface area contributed by atoms with E-state index in [1.165, 1.54) is 12.1 Å². The molecule has 0 saturated heterocycles. The number of halogens is 1. The molecule has 132 valence electrons. The van der Waals surface area contributed by atoms with Gasteiger partial charge in [0, 0.05) is 0 Å². The molecule has 0 aromatic heterocycles. The molecule has 5 heteroatoms. The maximum Gasteiger partial charge on any atom is 0.313 e. The van der Waals surface area contributed by atoms with Gasteiger partial charge in [0.25, 0.3) is 0 Å². The zero-order valence-corrected chi connectivity index (χ0v) is 14.7. The van der Waals surface area contributed by atoms with E-state index in [1.54, 1.807) is 58.0 Å². The summed E-state index contributed by atoms with van der Waals surface area (Å²) in [6, 6.07) is 11.2. The van der Waals surface area contributed by atoms with E-state index in [4.69, 9.17) is 9.47 Å². The van der Waals surface area contributed by atoms with Crippen molar-refractivity contribution in [1.29, 1.82) is 0 Å². The number of rotatable bonds is 5. The Morgan fingerprint density at radius 2 is 1.32 bits per heavy atom. The van der Waals surface area contributed by atoms with Crippen LogP contribution >= 0.6 is 0 Å². The maximum absolute atomic E-state index is 14.2. The van der Waals surface area contributed by atoms with Crippen molar-refractivity contribution in [1.82, 2.24) is 0 Å². The molecule has 0 heterocycles. The fraction of sp³-hybridized carbons (Fsp3) is 0.300. The standard InChI is InChI=1S/C20H21FO4/c1-12(2)19(22)24-16-8-5-14(6-9-16)15-7-10-18(17(21)11-15)25-20(23)13(3)4/h5-13H,1-4H3. The van der Waals surface area contributed by atoms with Gasteiger partial charge in [0.05, 0.1) is 11.8 Å². The van der Waals surface area contributed by atoms with Gasteiger partial charge in [0.15, 0.2) is 11.6 Å². The third kappa shape index (κ3) is 4.89. The Morgan fingerprint density at radius 3 is 1.84 bits per heavy atom. The van der Waals surface area contributed by atoms with Crippen LogP contribution in [0, 0.1) is 17.7 Å². The van der Waals surface area contributed by atoms with E-state index in [2.05, 4.69) is 0 Å². The summed E-state index contributed by atoms with van der Waals surface area (Å²) in [4.78, 5) is 23.1. The number of esters is 2. The smallest absolute Gasteiger partial charge is 0.313 e. The van der Waals surface area contributed by atoms with Gasteiger partial charge < -0.3 is 9.47 Å². The third-order valence-electron chi connectivity index (χ3n) is 3.49. The summed E-state index contributed by atoms with van der Waals surface area (Å²) in [5.74, 6) is -1.61. The second-order valence-corrected chi connectivity index (χ2v) is 6.32. The summed E-state index contributed by atoms with van der Waals surface area (Å²) in [6.45, 7) is 6.88. The molecule has 2 aromatic carbocycles. The summed E-state index contributed by atoms with van der Waals surface area (Å²) < 4.78 is 24.4. The molecule has 0 aliphatic carbocycles. The van der Waals surface area contributed by atoms with Crippen molar-refractivity contribution >= 4 is 11.9 Å². The van der Waals surface area contributed by atoms with Crippen LogP contribution in [-0.4, -0.2) is 11.9 Å². The van der Waals surface area contributed by atoms with Gasteiger partial charge in [-0.2, -0.15) is 0 Å². The minimum absolute atomic E-state index is 0.0927. The fourth-order valence-electron chi connectivity index (χ4n) is 1.94. The second kappa shape index (κ2) is 7.92. The number of hydrogen-bond donors (Lipinski definition) is 0. The molecular formula is C20H21FO4. The Balaban J connectivity index is 2.15. The van der Waals surface area contributed by atoms with Crippen LogP contribution in [0.1, 0.15) is 27.7 Å². The van der Waals surface area contributed by atoms with E-state index < -0.39 is 11.8 Å². The van der Waals surface area contributed by atoms with E-state index >= 15 is 0 Å². The number of hydrogen-bond acceptors (Lipinski definition) is 4. The molecule has 0 N–H and O–H groups in total. The van der Waals surface area contributed by atoms with Gasteiger partial charge in [0.1, 0.15) is 5.75 Å². The summed E-state index contributed by atoms with van der Waals surface area (Å²) in [5.41, 5.74) is 1.38. The highest BCUT2D eigenvalue weighted by Gasteiger charge is 2.14. The van der Waals surface area contributed by atoms with Crippen LogP contribution in [0.25, 0.3) is 11.1 Å². The van der Waals surface area contributed by atoms with E-state index in [0.29, 0.717) is 11.3 Å². The van der Waals surface area contributed by atoms with Crippen LogP contribution < -0.4 is 9.47 Å². The minimum atomic E-state index is -0.609. The molecule has 0 bridgehead atoms. The lowest BCUT2D eigenvalue weighted by molar-refractivity contribution is -0.138. The largest absolute Gasteiger partial charge is 0.426 e. The number of carbonyl (C=O) groups is 2. The van der Waals surface area contributed by atoms with Crippen LogP contribution in [0.2, 0.25) is 0 Å². The molecule has 2 aromatic rings. The average molecular weight is 344 g/mol. The van der Waals surface area contributed by atoms with E-state index in [1.807, 2.05) is 0 Å². The molecule has 0 amide bonds. The monoisotopic (exact) mass is 344 g/mol. The molecule has 0 unspecified atom stereocenters. The highest BCUT2D eigenvalue weighted by molar-refractivity contribution is 5.76. The molecule has 0 spiro atoms. The first-order chi connectivity index (χ1) is 11.8. The third-order valence-corrected chi connectivity index (χ3v) is 3.49. The Hall–Kier alpha value is -2.69. The van der Waals surface area contributed by atoms with E-state index in [0.717, 1.165) is 5.56 Å². The Kier molecular flexibility index (Phi) is 5.91. The van der Waals surface area contributed by atoms with Gasteiger partial charge in [-0.15, -0.1) is 0 Å². The first kappa shape index (κ1) is 18.6. The maximum atomic E-state index is 14.2. The molecule has 4 nitrogen and oxygen atoms in total. The molecule has 0 radical (unpaired) electrons. The van der Waals surface area contributed by atoms with Crippen molar-refractivity contribution in [2.45, 2.75) is 27.7 Å². The summed E-state index contributed by atoms with van der Waals surface area (Å²) in [7, 11) is 0. The van der Waals surface area contributed by atoms with E-state index in [-0.39, 0.29) is 23.6 Å². The second-order valence-electron chi connectivity index (χ2n) is 6.32. The van der Waals surface area contributed by atoms with Crippen LogP contribution in [0.4, 0.5) is 4.39 Å². The highest BCUT2D eigenvalue weighted by atomic mass is 19.1. The van der Waals surface area contributed by atoms with Crippen LogP contribution in [0.15, 0.2) is 42.5 Å². The Morgan fingerprint density at radius 1 is 0.800 bits per heavy atom. The lowest BCUT2D eigenvalue weighted by atomic mass is 10.1. The number of benzene rings is 2. The van der Waals surface area contributed by atoms with Gasteiger partial charge in [-0.05, 0) is 35.4 Å². The topological polar surface area (TPSA) is 52.6 Å². The van der Waals surface area contributed by atoms with Gasteiger partial charge in [-0.1, -0.05) is 45.9 Å². The molecule has 0 saturated carbocycles. The minimum Gasteiger partial charge on any atom is -0.426 e. The number of ether oxygens (including phenoxy) is 2. The first-order valence-corrected chi connectivity index (χ1v) is 8.11. The van der Waals surface area contributed by atoms with Gasteiger partial charge >= 0.3 is 11.9 Å². The summed E-state index contributed by atoms with van der Waals surface area (Å²) >= 11 is 0. The molecular weight excluding hydrogens is 323 g/mol. The molecule has 25 heavy (non-hydrogen) atoms. The van der Waals surface area contributed by atoms with Crippen molar-refractivity contribution in [3.8, 4) is 22.6 Å². The molecule has 0 aliphatic rings. The molecule has 0 aliphatic heterocycles. The normalized spacial score (nSPS) is 10.8. The van der Waals surface area contributed by atoms with Gasteiger partial charge in [-0.3, -0.25) is 9.59 Å². The fourth-order valence-corrected chi connectivity index (χ4v) is 1.94. The average Bonchev–Trinajstić information content (AvgIpc) is 2.57. The van der Waals surface area contributed by atoms with Crippen molar-refractivity contribution in [2.75, 3.05) is 0 Å². The van der Waals surface area contributed by atoms with Crippen LogP contribution in [0.3, 0.4) is 0 Å². The van der Waals surface area contributed by atoms with Crippen molar-refractivity contribution in [3.05, 3.63) is 48.3 Å². The predicted molar refractivity (Wildman–Crippen MR) is 92.8 cm³/mol. The van der Waals surface area contributed by atoms with Crippen molar-refractivity contribution in [2.24, 2.45) is 11.8 Å². The van der Waals surface area contributed by atoms with Crippen molar-refractivity contribution < 1.29 is 23.5 Å². The summed E-state index contributed by atoms with van der Waals surface area (Å²) in [5, 5.41) is 0. The predicted octanol–water partition coefficient (Wildman–Crippen LogP) is 4.62. The van der Waals surface area contributed by atoms with Gasteiger partial charge in [0.2, 0.25) is 0 Å². The highest BCUT2D eigenvalue weighted by Crippen LogP contribution is 2.27. The SMILES string of the molecule is CC(C)C(=O)Oc1ccc(-c2ccc(OC(=O)C(C)C)c(F)c2)cc1. The molecule has 0 fully saturated rings. The lowest BCUT2D eigenvalue weighted by Crippen LogP contribution is -2.15. The molecule has 0 atom stereocenters. The Labute approximate surface area is 146 Å². The van der Waals surface area contributed by atoms with Gasteiger partial charge in [-0.25, -0.2) is 4.39 Å². The number of carbonyl (C=O) groups excluding carboxylic acids is 2. The van der Waals surface area contributed by atoms with Crippen LogP contribution in [-0.2, 0) is 9.59 Å². The first-order valence-electron chi connectivity index (χ1n) is 8.11. The zero-order chi connectivity index (χ0) is 18.6.